The third kappa shape index (κ3) is 2.94. The number of halogens is 3. The normalized spacial score (nSPS) is 12.4. The Morgan fingerprint density at radius 3 is 2.71 bits per heavy atom. The molecule has 6 heteroatoms. The summed E-state index contributed by atoms with van der Waals surface area (Å²) in [6.45, 7) is 1.92. The molecule has 1 atom stereocenters. The van der Waals surface area contributed by atoms with Crippen LogP contribution in [-0.2, 0) is 0 Å². The predicted octanol–water partition coefficient (Wildman–Crippen LogP) is 6.11. The number of ketones is 1. The second kappa shape index (κ2) is 6.79. The third-order valence-electron chi connectivity index (χ3n) is 4.01. The zero-order valence-electron chi connectivity index (χ0n) is 13.0. The molecule has 1 N–H and O–H groups in total. The number of hydrogen-bond acceptors (Lipinski definition) is 2. The Hall–Kier alpha value is -1.49. The minimum atomic E-state index is -0.542. The van der Waals surface area contributed by atoms with Gasteiger partial charge in [0.2, 0.25) is 0 Å². The molecular weight excluding hydrogens is 413 g/mol. The van der Waals surface area contributed by atoms with Crippen molar-refractivity contribution in [1.82, 2.24) is 4.98 Å². The van der Waals surface area contributed by atoms with Gasteiger partial charge in [0.1, 0.15) is 10.6 Å². The van der Waals surface area contributed by atoms with Crippen molar-refractivity contribution in [2.75, 3.05) is 7.11 Å². The number of H-pyrrole nitrogens is 1. The summed E-state index contributed by atoms with van der Waals surface area (Å²) in [5.74, 6) is 0.500. The minimum Gasteiger partial charge on any atom is -0.496 e. The lowest BCUT2D eigenvalue weighted by molar-refractivity contribution is 0.0992. The quantitative estimate of drug-likeness (QED) is 0.403. The Balaban J connectivity index is 2.05. The van der Waals surface area contributed by atoms with Crippen molar-refractivity contribution in [3.05, 3.63) is 63.3 Å². The van der Waals surface area contributed by atoms with Crippen LogP contribution in [0.4, 0.5) is 0 Å². The van der Waals surface area contributed by atoms with E-state index in [0.29, 0.717) is 21.4 Å². The van der Waals surface area contributed by atoms with E-state index >= 15 is 0 Å². The molecule has 3 nitrogen and oxygen atoms in total. The summed E-state index contributed by atoms with van der Waals surface area (Å²) in [6, 6.07) is 8.87. The molecule has 3 rings (SSSR count). The van der Waals surface area contributed by atoms with E-state index in [9.17, 15) is 4.79 Å². The van der Waals surface area contributed by atoms with Crippen molar-refractivity contribution in [2.24, 2.45) is 0 Å². The fourth-order valence-corrected chi connectivity index (χ4v) is 3.64. The highest BCUT2D eigenvalue weighted by molar-refractivity contribution is 9.09. The van der Waals surface area contributed by atoms with Crippen LogP contribution in [0.1, 0.15) is 26.3 Å². The SMILES string of the molecule is COc1cc(Cl)ccc1C(Br)C(=O)c1c[nH]c2c(C)c(Cl)ccc12. The molecule has 0 spiro atoms. The molecule has 2 aromatic carbocycles. The molecule has 124 valence electrons. The van der Waals surface area contributed by atoms with Gasteiger partial charge in [-0.15, -0.1) is 0 Å². The fraction of sp³-hybridized carbons (Fsp3) is 0.167. The summed E-state index contributed by atoms with van der Waals surface area (Å²) in [5.41, 5.74) is 3.12. The maximum Gasteiger partial charge on any atom is 0.183 e. The number of carbonyl (C=O) groups is 1. The molecule has 3 aromatic rings. The number of aryl methyl sites for hydroxylation is 1. The van der Waals surface area contributed by atoms with Crippen molar-refractivity contribution in [3.8, 4) is 5.75 Å². The first kappa shape index (κ1) is 17.3. The molecule has 0 bridgehead atoms. The van der Waals surface area contributed by atoms with Gasteiger partial charge < -0.3 is 9.72 Å². The molecule has 1 aromatic heterocycles. The number of aromatic nitrogens is 1. The van der Waals surface area contributed by atoms with Gasteiger partial charge in [-0.05, 0) is 30.7 Å². The zero-order valence-corrected chi connectivity index (χ0v) is 16.1. The molecular formula is C18H14BrCl2NO2. The minimum absolute atomic E-state index is 0.0661. The Morgan fingerprint density at radius 1 is 1.25 bits per heavy atom. The number of fused-ring (bicyclic) bond motifs is 1. The number of nitrogens with one attached hydrogen (secondary N) is 1. The van der Waals surface area contributed by atoms with E-state index in [2.05, 4.69) is 20.9 Å². The summed E-state index contributed by atoms with van der Waals surface area (Å²) in [6.07, 6.45) is 1.72. The molecule has 24 heavy (non-hydrogen) atoms. The Labute approximate surface area is 158 Å². The van der Waals surface area contributed by atoms with Gasteiger partial charge in [0.05, 0.1) is 12.6 Å². The van der Waals surface area contributed by atoms with Gasteiger partial charge in [-0.3, -0.25) is 4.79 Å². The maximum absolute atomic E-state index is 13.0. The van der Waals surface area contributed by atoms with Gasteiger partial charge in [-0.2, -0.15) is 0 Å². The van der Waals surface area contributed by atoms with Crippen molar-refractivity contribution >= 4 is 55.8 Å². The number of benzene rings is 2. The van der Waals surface area contributed by atoms with Gasteiger partial charge in [0.15, 0.2) is 5.78 Å². The number of alkyl halides is 1. The number of ether oxygens (including phenoxy) is 1. The van der Waals surface area contributed by atoms with Gasteiger partial charge in [0, 0.05) is 32.8 Å². The van der Waals surface area contributed by atoms with Gasteiger partial charge >= 0.3 is 0 Å². The second-order valence-electron chi connectivity index (χ2n) is 5.41. The predicted molar refractivity (Wildman–Crippen MR) is 102 cm³/mol. The number of aromatic amines is 1. The number of Topliss-reactive ketones (excluding diaryl/α,β-unsaturated/α-hetero) is 1. The molecule has 0 radical (unpaired) electrons. The number of methoxy groups -OCH3 is 1. The highest BCUT2D eigenvalue weighted by Crippen LogP contribution is 2.37. The summed E-state index contributed by atoms with van der Waals surface area (Å²) in [7, 11) is 1.55. The van der Waals surface area contributed by atoms with Crippen molar-refractivity contribution in [3.63, 3.8) is 0 Å². The van der Waals surface area contributed by atoms with Crippen LogP contribution in [0.2, 0.25) is 10.0 Å². The lowest BCUT2D eigenvalue weighted by Crippen LogP contribution is -2.08. The molecule has 0 aliphatic heterocycles. The Kier molecular flexibility index (Phi) is 4.90. The van der Waals surface area contributed by atoms with Crippen LogP contribution in [0.5, 0.6) is 5.75 Å². The lowest BCUT2D eigenvalue weighted by Gasteiger charge is -2.13. The largest absolute Gasteiger partial charge is 0.496 e. The van der Waals surface area contributed by atoms with Gasteiger partial charge in [-0.1, -0.05) is 51.3 Å². The van der Waals surface area contributed by atoms with E-state index in [1.165, 1.54) is 0 Å². The Morgan fingerprint density at radius 2 is 2.00 bits per heavy atom. The molecule has 0 saturated heterocycles. The number of rotatable bonds is 4. The standard InChI is InChI=1S/C18H14BrCl2NO2/c1-9-14(21)6-5-11-13(8-22-17(9)11)18(23)16(19)12-4-3-10(20)7-15(12)24-2/h3-8,16,22H,1-2H3. The van der Waals surface area contributed by atoms with Crippen LogP contribution in [-0.4, -0.2) is 17.9 Å². The topological polar surface area (TPSA) is 42.1 Å². The van der Waals surface area contributed by atoms with E-state index in [1.54, 1.807) is 37.6 Å². The first-order chi connectivity index (χ1) is 11.4. The van der Waals surface area contributed by atoms with E-state index in [1.807, 2.05) is 13.0 Å². The third-order valence-corrected chi connectivity index (χ3v) is 5.57. The highest BCUT2D eigenvalue weighted by Gasteiger charge is 2.25. The van der Waals surface area contributed by atoms with Crippen molar-refractivity contribution in [2.45, 2.75) is 11.8 Å². The Bertz CT molecular complexity index is 936. The lowest BCUT2D eigenvalue weighted by atomic mass is 10.0. The molecule has 0 amide bonds. The van der Waals surface area contributed by atoms with Crippen LogP contribution in [0.3, 0.4) is 0 Å². The summed E-state index contributed by atoms with van der Waals surface area (Å²) in [4.78, 5) is 15.6. The van der Waals surface area contributed by atoms with E-state index in [0.717, 1.165) is 22.0 Å². The monoisotopic (exact) mass is 425 g/mol. The van der Waals surface area contributed by atoms with Crippen LogP contribution in [0, 0.1) is 6.92 Å². The number of hydrogen-bond donors (Lipinski definition) is 1. The summed E-state index contributed by atoms with van der Waals surface area (Å²) < 4.78 is 5.35. The number of carbonyl (C=O) groups excluding carboxylic acids is 1. The van der Waals surface area contributed by atoms with Crippen molar-refractivity contribution < 1.29 is 9.53 Å². The fourth-order valence-electron chi connectivity index (χ4n) is 2.69. The van der Waals surface area contributed by atoms with Crippen LogP contribution < -0.4 is 4.74 Å². The van der Waals surface area contributed by atoms with E-state index in [4.69, 9.17) is 27.9 Å². The van der Waals surface area contributed by atoms with E-state index in [-0.39, 0.29) is 5.78 Å². The maximum atomic E-state index is 13.0. The zero-order chi connectivity index (χ0) is 17.4. The molecule has 1 heterocycles. The van der Waals surface area contributed by atoms with Gasteiger partial charge in [0.25, 0.3) is 0 Å². The molecule has 0 fully saturated rings. The summed E-state index contributed by atoms with van der Waals surface area (Å²) in [5, 5.41) is 2.07. The average molecular weight is 427 g/mol. The molecule has 1 unspecified atom stereocenters. The molecule has 0 aliphatic carbocycles. The van der Waals surface area contributed by atoms with Crippen molar-refractivity contribution in [1.29, 1.82) is 0 Å². The summed E-state index contributed by atoms with van der Waals surface area (Å²) >= 11 is 15.6. The molecule has 0 saturated carbocycles. The first-order valence-corrected chi connectivity index (χ1v) is 8.89. The smallest absolute Gasteiger partial charge is 0.183 e. The highest BCUT2D eigenvalue weighted by atomic mass is 79.9. The van der Waals surface area contributed by atoms with Crippen LogP contribution in [0.25, 0.3) is 10.9 Å². The first-order valence-electron chi connectivity index (χ1n) is 7.22. The van der Waals surface area contributed by atoms with Crippen LogP contribution >= 0.6 is 39.1 Å². The average Bonchev–Trinajstić information content (AvgIpc) is 3.01. The van der Waals surface area contributed by atoms with E-state index < -0.39 is 4.83 Å². The van der Waals surface area contributed by atoms with Gasteiger partial charge in [-0.25, -0.2) is 0 Å². The van der Waals surface area contributed by atoms with Crippen LogP contribution in [0.15, 0.2) is 36.5 Å². The molecule has 0 aliphatic rings. The second-order valence-corrected chi connectivity index (χ2v) is 7.17.